The molecule has 1 amide bonds. The molecule has 7 nitrogen and oxygen atoms in total. The maximum absolute atomic E-state index is 12.6. The normalized spacial score (nSPS) is 11.8. The van der Waals surface area contributed by atoms with E-state index in [1.807, 2.05) is 0 Å². The minimum atomic E-state index is -3.23. The van der Waals surface area contributed by atoms with Crippen molar-refractivity contribution in [3.8, 4) is 0 Å². The molecule has 21 heavy (non-hydrogen) atoms. The van der Waals surface area contributed by atoms with Crippen molar-refractivity contribution in [1.29, 1.82) is 0 Å². The molecule has 0 saturated heterocycles. The number of hydrogen-bond acceptors (Lipinski definition) is 6. The maximum atomic E-state index is 12.6. The molecule has 0 aliphatic carbocycles. The lowest BCUT2D eigenvalue weighted by atomic mass is 10.4. The molecular formula is C13H26NO6P. The largest absolute Gasteiger partial charge is 0.338 e. The molecular weight excluding hydrogens is 297 g/mol. The molecule has 0 rings (SSSR count). The summed E-state index contributed by atoms with van der Waals surface area (Å²) in [6.07, 6.45) is 0.0248. The Morgan fingerprint density at radius 2 is 1.52 bits per heavy atom. The van der Waals surface area contributed by atoms with Crippen LogP contribution >= 0.6 is 7.60 Å². The zero-order chi connectivity index (χ0) is 16.6. The molecule has 0 aromatic heterocycles. The standard InChI is InChI=1S/C13H26NO6P/c1-10(2)19-21(17,20-11(3)4)9-7-8-14(12(5)15)18-13(6)16/h10-11H,7-9H2,1-6H3. The first kappa shape index (κ1) is 20.1. The van der Waals surface area contributed by atoms with Crippen LogP contribution in [-0.4, -0.2) is 41.9 Å². The van der Waals surface area contributed by atoms with Gasteiger partial charge in [-0.25, -0.2) is 0 Å². The van der Waals surface area contributed by atoms with Gasteiger partial charge >= 0.3 is 13.6 Å². The third-order valence-corrected chi connectivity index (χ3v) is 4.48. The highest BCUT2D eigenvalue weighted by Gasteiger charge is 2.28. The van der Waals surface area contributed by atoms with E-state index < -0.39 is 19.5 Å². The third-order valence-electron chi connectivity index (χ3n) is 2.13. The van der Waals surface area contributed by atoms with Gasteiger partial charge in [-0.3, -0.25) is 14.2 Å². The van der Waals surface area contributed by atoms with Crippen LogP contribution in [-0.2, 0) is 28.0 Å². The average Bonchev–Trinajstić information content (AvgIpc) is 2.24. The van der Waals surface area contributed by atoms with Gasteiger partial charge in [-0.15, -0.1) is 0 Å². The number of carbonyl (C=O) groups excluding carboxylic acids is 2. The molecule has 0 fully saturated rings. The fourth-order valence-electron chi connectivity index (χ4n) is 1.60. The number of rotatable bonds is 8. The molecule has 124 valence electrons. The van der Waals surface area contributed by atoms with Gasteiger partial charge in [0.15, 0.2) is 0 Å². The van der Waals surface area contributed by atoms with Crippen LogP contribution in [0.3, 0.4) is 0 Å². The quantitative estimate of drug-likeness (QED) is 0.504. The Kier molecular flexibility index (Phi) is 8.78. The minimum absolute atomic E-state index is 0.141. The lowest BCUT2D eigenvalue weighted by Gasteiger charge is -2.24. The van der Waals surface area contributed by atoms with Gasteiger partial charge in [-0.2, -0.15) is 5.06 Å². The molecule has 0 aromatic carbocycles. The molecule has 8 heteroatoms. The number of hydrogen-bond donors (Lipinski definition) is 0. The Bertz CT molecular complexity index is 382. The number of nitrogens with zero attached hydrogens (tertiary/aromatic N) is 1. The van der Waals surface area contributed by atoms with Gasteiger partial charge in [0, 0.05) is 13.8 Å². The van der Waals surface area contributed by atoms with Crippen molar-refractivity contribution in [2.75, 3.05) is 12.7 Å². The molecule has 0 saturated carbocycles. The van der Waals surface area contributed by atoms with E-state index in [9.17, 15) is 14.2 Å². The highest BCUT2D eigenvalue weighted by molar-refractivity contribution is 7.53. The van der Waals surface area contributed by atoms with E-state index in [2.05, 4.69) is 0 Å². The van der Waals surface area contributed by atoms with Crippen LogP contribution in [0.2, 0.25) is 0 Å². The van der Waals surface area contributed by atoms with E-state index in [1.54, 1.807) is 27.7 Å². The summed E-state index contributed by atoms with van der Waals surface area (Å²) in [6, 6.07) is 0. The molecule has 0 aliphatic heterocycles. The zero-order valence-electron chi connectivity index (χ0n) is 13.6. The Hall–Kier alpha value is -0.910. The first-order chi connectivity index (χ1) is 9.55. The van der Waals surface area contributed by atoms with Crippen LogP contribution in [0.25, 0.3) is 0 Å². The van der Waals surface area contributed by atoms with E-state index >= 15 is 0 Å². The SMILES string of the molecule is CC(=O)ON(CCCP(=O)(OC(C)C)OC(C)C)C(C)=O. The maximum Gasteiger partial charge on any atom is 0.331 e. The minimum Gasteiger partial charge on any atom is -0.338 e. The summed E-state index contributed by atoms with van der Waals surface area (Å²) in [5.74, 6) is -0.972. The number of hydroxylamine groups is 2. The summed E-state index contributed by atoms with van der Waals surface area (Å²) in [6.45, 7) is 9.74. The molecule has 0 bridgehead atoms. The highest BCUT2D eigenvalue weighted by atomic mass is 31.2. The lowest BCUT2D eigenvalue weighted by Crippen LogP contribution is -2.32. The summed E-state index contributed by atoms with van der Waals surface area (Å²) < 4.78 is 23.3. The van der Waals surface area contributed by atoms with Crippen molar-refractivity contribution in [3.63, 3.8) is 0 Å². The number of carbonyl (C=O) groups is 2. The van der Waals surface area contributed by atoms with Crippen molar-refractivity contribution in [1.82, 2.24) is 5.06 Å². The summed E-state index contributed by atoms with van der Waals surface area (Å²) >= 11 is 0. The lowest BCUT2D eigenvalue weighted by molar-refractivity contribution is -0.195. The smallest absolute Gasteiger partial charge is 0.331 e. The molecule has 0 heterocycles. The Balaban J connectivity index is 4.56. The van der Waals surface area contributed by atoms with Crippen LogP contribution in [0.1, 0.15) is 48.0 Å². The zero-order valence-corrected chi connectivity index (χ0v) is 14.5. The predicted octanol–water partition coefficient (Wildman–Crippen LogP) is 2.75. The second-order valence-electron chi connectivity index (χ2n) is 5.20. The van der Waals surface area contributed by atoms with Crippen molar-refractivity contribution >= 4 is 19.5 Å². The molecule has 0 aromatic rings. The highest BCUT2D eigenvalue weighted by Crippen LogP contribution is 2.50. The van der Waals surface area contributed by atoms with Gasteiger partial charge in [0.2, 0.25) is 0 Å². The van der Waals surface area contributed by atoms with Gasteiger partial charge in [0.25, 0.3) is 5.91 Å². The van der Waals surface area contributed by atoms with Crippen molar-refractivity contribution in [3.05, 3.63) is 0 Å². The molecule has 0 aliphatic rings. The van der Waals surface area contributed by atoms with Gasteiger partial charge in [-0.05, 0) is 34.1 Å². The first-order valence-corrected chi connectivity index (χ1v) is 8.71. The summed E-state index contributed by atoms with van der Waals surface area (Å²) in [7, 11) is -3.23. The predicted molar refractivity (Wildman–Crippen MR) is 78.7 cm³/mol. The van der Waals surface area contributed by atoms with Crippen molar-refractivity contribution < 1.29 is 28.0 Å². The topological polar surface area (TPSA) is 82.1 Å². The second kappa shape index (κ2) is 9.18. The van der Waals surface area contributed by atoms with Crippen molar-refractivity contribution in [2.45, 2.75) is 60.2 Å². The van der Waals surface area contributed by atoms with Crippen LogP contribution < -0.4 is 0 Å². The van der Waals surface area contributed by atoms with Gasteiger partial charge in [-0.1, -0.05) is 0 Å². The van der Waals surface area contributed by atoms with E-state index in [0.29, 0.717) is 6.42 Å². The van der Waals surface area contributed by atoms with Gasteiger partial charge in [0.1, 0.15) is 0 Å². The Morgan fingerprint density at radius 3 is 1.86 bits per heavy atom. The Labute approximate surface area is 126 Å². The first-order valence-electron chi connectivity index (χ1n) is 6.98. The molecule has 0 atom stereocenters. The summed E-state index contributed by atoms with van der Waals surface area (Å²) in [5, 5.41) is 0.942. The fraction of sp³-hybridized carbons (Fsp3) is 0.846. The summed E-state index contributed by atoms with van der Waals surface area (Å²) in [4.78, 5) is 27.0. The summed E-state index contributed by atoms with van der Waals surface area (Å²) in [5.41, 5.74) is 0. The monoisotopic (exact) mass is 323 g/mol. The fourth-order valence-corrected chi connectivity index (χ4v) is 3.68. The van der Waals surface area contributed by atoms with Gasteiger partial charge < -0.3 is 13.9 Å². The molecule has 0 N–H and O–H groups in total. The van der Waals surface area contributed by atoms with Crippen LogP contribution in [0.5, 0.6) is 0 Å². The third kappa shape index (κ3) is 9.61. The van der Waals surface area contributed by atoms with Crippen LogP contribution in [0, 0.1) is 0 Å². The molecule has 0 unspecified atom stereocenters. The van der Waals surface area contributed by atoms with E-state index in [-0.39, 0.29) is 24.9 Å². The van der Waals surface area contributed by atoms with E-state index in [1.165, 1.54) is 13.8 Å². The Morgan fingerprint density at radius 1 is 1.05 bits per heavy atom. The van der Waals surface area contributed by atoms with Gasteiger partial charge in [0.05, 0.1) is 24.9 Å². The number of amides is 1. The van der Waals surface area contributed by atoms with Crippen molar-refractivity contribution in [2.24, 2.45) is 0 Å². The molecule has 0 spiro atoms. The van der Waals surface area contributed by atoms with E-state index in [4.69, 9.17) is 13.9 Å². The second-order valence-corrected chi connectivity index (χ2v) is 7.29. The van der Waals surface area contributed by atoms with E-state index in [0.717, 1.165) is 5.06 Å². The average molecular weight is 323 g/mol. The van der Waals surface area contributed by atoms with Crippen LogP contribution in [0.15, 0.2) is 0 Å². The van der Waals surface area contributed by atoms with Crippen LogP contribution in [0.4, 0.5) is 0 Å². The molecule has 0 radical (unpaired) electrons.